The van der Waals surface area contributed by atoms with Crippen molar-refractivity contribution in [3.05, 3.63) is 70.3 Å². The van der Waals surface area contributed by atoms with Gasteiger partial charge in [0.2, 0.25) is 0 Å². The van der Waals surface area contributed by atoms with Crippen molar-refractivity contribution in [3.63, 3.8) is 0 Å². The van der Waals surface area contributed by atoms with E-state index in [0.717, 1.165) is 29.7 Å². The van der Waals surface area contributed by atoms with Crippen LogP contribution >= 0.6 is 11.3 Å². The zero-order chi connectivity index (χ0) is 20.3. The van der Waals surface area contributed by atoms with Crippen molar-refractivity contribution in [1.29, 1.82) is 0 Å². The van der Waals surface area contributed by atoms with E-state index >= 15 is 0 Å². The van der Waals surface area contributed by atoms with Gasteiger partial charge in [-0.3, -0.25) is 4.79 Å². The van der Waals surface area contributed by atoms with Crippen molar-refractivity contribution in [2.45, 2.75) is 38.8 Å². The Morgan fingerprint density at radius 1 is 1.24 bits per heavy atom. The molecule has 0 radical (unpaired) electrons. The van der Waals surface area contributed by atoms with Crippen molar-refractivity contribution < 1.29 is 18.7 Å². The summed E-state index contributed by atoms with van der Waals surface area (Å²) in [6.45, 7) is 5.21. The first-order chi connectivity index (χ1) is 14.0. The van der Waals surface area contributed by atoms with E-state index in [1.807, 2.05) is 35.2 Å². The Kier molecular flexibility index (Phi) is 5.62. The molecule has 29 heavy (non-hydrogen) atoms. The second-order valence-electron chi connectivity index (χ2n) is 7.85. The van der Waals surface area contributed by atoms with Crippen LogP contribution in [0.25, 0.3) is 0 Å². The maximum atomic E-state index is 13.0. The highest BCUT2D eigenvalue weighted by atomic mass is 32.1. The van der Waals surface area contributed by atoms with Crippen molar-refractivity contribution in [3.8, 4) is 11.5 Å². The molecule has 152 valence electrons. The predicted octanol–water partition coefficient (Wildman–Crippen LogP) is 4.70. The molecule has 6 heteroatoms. The minimum Gasteiger partial charge on any atom is -0.483 e. The summed E-state index contributed by atoms with van der Waals surface area (Å²) in [6.07, 6.45) is 4.95. The number of rotatable bonds is 8. The lowest BCUT2D eigenvalue weighted by Gasteiger charge is -2.23. The van der Waals surface area contributed by atoms with Gasteiger partial charge in [0.15, 0.2) is 18.1 Å². The Morgan fingerprint density at radius 2 is 2.14 bits per heavy atom. The largest absolute Gasteiger partial charge is 0.483 e. The van der Waals surface area contributed by atoms with Crippen molar-refractivity contribution in [2.24, 2.45) is 0 Å². The van der Waals surface area contributed by atoms with Crippen LogP contribution in [0, 0.1) is 0 Å². The van der Waals surface area contributed by atoms with Gasteiger partial charge in [-0.2, -0.15) is 0 Å². The van der Waals surface area contributed by atoms with E-state index in [1.165, 1.54) is 4.88 Å². The smallest absolute Gasteiger partial charge is 0.260 e. The van der Waals surface area contributed by atoms with Crippen LogP contribution in [0.3, 0.4) is 0 Å². The predicted molar refractivity (Wildman–Crippen MR) is 112 cm³/mol. The second kappa shape index (κ2) is 8.33. The van der Waals surface area contributed by atoms with Gasteiger partial charge in [0.25, 0.3) is 5.91 Å². The van der Waals surface area contributed by atoms with Crippen molar-refractivity contribution in [1.82, 2.24) is 4.90 Å². The molecule has 0 saturated carbocycles. The molecule has 0 fully saturated rings. The summed E-state index contributed by atoms with van der Waals surface area (Å²) >= 11 is 1.70. The fraction of sp³-hybridized carbons (Fsp3) is 0.348. The van der Waals surface area contributed by atoms with Crippen LogP contribution in [-0.4, -0.2) is 29.6 Å². The molecule has 1 aliphatic heterocycles. The van der Waals surface area contributed by atoms with E-state index < -0.39 is 0 Å². The normalized spacial score (nSPS) is 14.3. The lowest BCUT2D eigenvalue weighted by atomic mass is 10.0. The number of carbonyl (C=O) groups is 1. The zero-order valence-electron chi connectivity index (χ0n) is 16.7. The number of furan rings is 1. The van der Waals surface area contributed by atoms with E-state index in [-0.39, 0.29) is 18.1 Å². The maximum Gasteiger partial charge on any atom is 0.260 e. The monoisotopic (exact) mass is 411 g/mol. The number of hydrogen-bond acceptors (Lipinski definition) is 5. The number of thiophene rings is 1. The fourth-order valence-electron chi connectivity index (χ4n) is 3.53. The molecule has 1 aliphatic rings. The third-order valence-corrected chi connectivity index (χ3v) is 5.86. The van der Waals surface area contributed by atoms with Gasteiger partial charge in [-0.25, -0.2) is 0 Å². The second-order valence-corrected chi connectivity index (χ2v) is 8.88. The molecule has 0 aliphatic carbocycles. The third kappa shape index (κ3) is 4.82. The number of fused-ring (bicyclic) bond motifs is 1. The highest BCUT2D eigenvalue weighted by Gasteiger charge is 2.32. The summed E-state index contributed by atoms with van der Waals surface area (Å²) in [5, 5.41) is 2.05. The lowest BCUT2D eigenvalue weighted by Crippen LogP contribution is -2.36. The number of carbonyl (C=O) groups excluding carboxylic acids is 1. The molecule has 0 N–H and O–H groups in total. The summed E-state index contributed by atoms with van der Waals surface area (Å²) in [5.41, 5.74) is 1.84. The molecule has 0 spiro atoms. The van der Waals surface area contributed by atoms with Gasteiger partial charge in [0.1, 0.15) is 5.60 Å². The summed E-state index contributed by atoms with van der Waals surface area (Å²) in [7, 11) is 0. The van der Waals surface area contributed by atoms with Gasteiger partial charge < -0.3 is 18.8 Å². The first-order valence-corrected chi connectivity index (χ1v) is 10.6. The van der Waals surface area contributed by atoms with E-state index in [0.29, 0.717) is 18.8 Å². The summed E-state index contributed by atoms with van der Waals surface area (Å²) in [4.78, 5) is 16.0. The fourth-order valence-corrected chi connectivity index (χ4v) is 4.22. The van der Waals surface area contributed by atoms with Crippen LogP contribution in [0.1, 0.15) is 29.9 Å². The first kappa shape index (κ1) is 19.6. The average molecular weight is 412 g/mol. The summed E-state index contributed by atoms with van der Waals surface area (Å²) < 4.78 is 17.1. The van der Waals surface area contributed by atoms with Crippen LogP contribution < -0.4 is 9.47 Å². The maximum absolute atomic E-state index is 13.0. The Labute approximate surface area is 174 Å². The third-order valence-electron chi connectivity index (χ3n) is 4.92. The van der Waals surface area contributed by atoms with Gasteiger partial charge in [-0.1, -0.05) is 18.2 Å². The Balaban J connectivity index is 1.42. The molecule has 3 heterocycles. The molecule has 0 saturated heterocycles. The Hall–Kier alpha value is -2.73. The Bertz CT molecular complexity index is 947. The van der Waals surface area contributed by atoms with E-state index in [4.69, 9.17) is 13.9 Å². The highest BCUT2D eigenvalue weighted by Crippen LogP contribution is 2.41. The Morgan fingerprint density at radius 3 is 2.90 bits per heavy atom. The molecule has 2 aromatic heterocycles. The number of ether oxygens (including phenoxy) is 2. The molecule has 5 nitrogen and oxygen atoms in total. The van der Waals surface area contributed by atoms with E-state index in [9.17, 15) is 4.79 Å². The highest BCUT2D eigenvalue weighted by molar-refractivity contribution is 7.09. The van der Waals surface area contributed by atoms with Gasteiger partial charge in [0.05, 0.1) is 12.5 Å². The summed E-state index contributed by atoms with van der Waals surface area (Å²) in [6, 6.07) is 11.9. The van der Waals surface area contributed by atoms with Gasteiger partial charge >= 0.3 is 0 Å². The van der Waals surface area contributed by atoms with Crippen LogP contribution in [0.5, 0.6) is 11.5 Å². The van der Waals surface area contributed by atoms with Gasteiger partial charge in [0, 0.05) is 35.5 Å². The minimum atomic E-state index is -0.250. The zero-order valence-corrected chi connectivity index (χ0v) is 17.5. The number of para-hydroxylation sites is 1. The van der Waals surface area contributed by atoms with Gasteiger partial charge in [-0.05, 0) is 43.8 Å². The lowest BCUT2D eigenvalue weighted by molar-refractivity contribution is -0.134. The molecule has 0 atom stereocenters. The van der Waals surface area contributed by atoms with E-state index in [1.54, 1.807) is 23.9 Å². The van der Waals surface area contributed by atoms with Crippen LogP contribution in [-0.2, 0) is 24.2 Å². The molecular weight excluding hydrogens is 386 g/mol. The quantitative estimate of drug-likeness (QED) is 0.539. The average Bonchev–Trinajstić information content (AvgIpc) is 3.43. The van der Waals surface area contributed by atoms with Crippen LogP contribution in [0.4, 0.5) is 0 Å². The molecule has 1 amide bonds. The number of amides is 1. The van der Waals surface area contributed by atoms with E-state index in [2.05, 4.69) is 25.3 Å². The molecule has 1 aromatic carbocycles. The van der Waals surface area contributed by atoms with Crippen molar-refractivity contribution >= 4 is 17.2 Å². The topological polar surface area (TPSA) is 51.9 Å². The van der Waals surface area contributed by atoms with Crippen LogP contribution in [0.2, 0.25) is 0 Å². The standard InChI is InChI=1S/C23H25NO4S/c1-23(2)13-18-5-3-7-20(22(18)28-23)27-16-21(25)24(14-17-9-11-26-15-17)10-8-19-6-4-12-29-19/h3-7,9,11-12,15H,8,10,13-14,16H2,1-2H3. The minimum absolute atomic E-state index is 0.0253. The number of benzene rings is 1. The molecule has 0 unspecified atom stereocenters. The molecule has 0 bridgehead atoms. The molecular formula is C23H25NO4S. The number of hydrogen-bond donors (Lipinski definition) is 0. The summed E-state index contributed by atoms with van der Waals surface area (Å²) in [5.74, 6) is 1.32. The van der Waals surface area contributed by atoms with Gasteiger partial charge in [-0.15, -0.1) is 11.3 Å². The van der Waals surface area contributed by atoms with Crippen LogP contribution in [0.15, 0.2) is 58.7 Å². The number of nitrogens with zero attached hydrogens (tertiary/aromatic N) is 1. The molecule has 4 rings (SSSR count). The first-order valence-electron chi connectivity index (χ1n) is 9.75. The SMILES string of the molecule is CC1(C)Cc2cccc(OCC(=O)N(CCc3cccs3)Cc3ccoc3)c2O1. The van der Waals surface area contributed by atoms with Crippen molar-refractivity contribution in [2.75, 3.05) is 13.2 Å². The molecule has 3 aromatic rings.